The van der Waals surface area contributed by atoms with Crippen LogP contribution in [0.4, 0.5) is 0 Å². The molecule has 20 heavy (non-hydrogen) atoms. The van der Waals surface area contributed by atoms with Crippen molar-refractivity contribution < 1.29 is 9.47 Å². The Labute approximate surface area is 125 Å². The summed E-state index contributed by atoms with van der Waals surface area (Å²) in [5.74, 6) is 0. The molecule has 0 amide bonds. The van der Waals surface area contributed by atoms with Crippen molar-refractivity contribution in [2.75, 3.05) is 47.6 Å². The van der Waals surface area contributed by atoms with Gasteiger partial charge in [-0.15, -0.1) is 0 Å². The van der Waals surface area contributed by atoms with E-state index in [4.69, 9.17) is 9.47 Å². The highest BCUT2D eigenvalue weighted by Gasteiger charge is 2.36. The van der Waals surface area contributed by atoms with Gasteiger partial charge < -0.3 is 14.8 Å². The average Bonchev–Trinajstić information content (AvgIpc) is 2.42. The lowest BCUT2D eigenvalue weighted by atomic mass is 9.72. The van der Waals surface area contributed by atoms with Crippen LogP contribution in [0.5, 0.6) is 0 Å². The fourth-order valence-electron chi connectivity index (χ4n) is 3.33. The number of methoxy groups -OCH3 is 2. The highest BCUT2D eigenvalue weighted by Crippen LogP contribution is 2.37. The van der Waals surface area contributed by atoms with Gasteiger partial charge in [0.2, 0.25) is 0 Å². The fraction of sp³-hybridized carbons (Fsp3) is 1.00. The van der Waals surface area contributed by atoms with Crippen molar-refractivity contribution in [3.8, 4) is 0 Å². The van der Waals surface area contributed by atoms with Gasteiger partial charge in [-0.1, -0.05) is 13.8 Å². The summed E-state index contributed by atoms with van der Waals surface area (Å²) in [6.07, 6.45) is 4.93. The highest BCUT2D eigenvalue weighted by molar-refractivity contribution is 4.94. The summed E-state index contributed by atoms with van der Waals surface area (Å²) in [5, 5.41) is 3.53. The molecule has 0 heterocycles. The molecule has 1 aliphatic rings. The Morgan fingerprint density at radius 3 is 2.45 bits per heavy atom. The zero-order chi connectivity index (χ0) is 15.0. The van der Waals surface area contributed by atoms with Gasteiger partial charge in [-0.3, -0.25) is 4.90 Å². The number of hydrogen-bond donors (Lipinski definition) is 1. The van der Waals surface area contributed by atoms with Crippen LogP contribution in [-0.4, -0.2) is 64.6 Å². The molecule has 1 N–H and O–H groups in total. The first-order valence-electron chi connectivity index (χ1n) is 7.93. The number of nitrogens with zero attached hydrogens (tertiary/aromatic N) is 1. The number of nitrogens with one attached hydrogen (secondary N) is 1. The first-order chi connectivity index (χ1) is 9.54. The third kappa shape index (κ3) is 5.68. The van der Waals surface area contributed by atoms with E-state index in [0.717, 1.165) is 32.7 Å². The molecule has 2 atom stereocenters. The van der Waals surface area contributed by atoms with Crippen molar-refractivity contribution in [1.82, 2.24) is 10.2 Å². The Balaban J connectivity index is 2.67. The van der Waals surface area contributed by atoms with Crippen LogP contribution in [0, 0.1) is 5.41 Å². The summed E-state index contributed by atoms with van der Waals surface area (Å²) in [5.41, 5.74) is 0.449. The Hall–Kier alpha value is -0.160. The quantitative estimate of drug-likeness (QED) is 0.659. The second-order valence-electron chi connectivity index (χ2n) is 6.74. The molecule has 1 fully saturated rings. The van der Waals surface area contributed by atoms with E-state index in [-0.39, 0.29) is 0 Å². The molecule has 0 aromatic heterocycles. The van der Waals surface area contributed by atoms with Gasteiger partial charge in [0.15, 0.2) is 0 Å². The van der Waals surface area contributed by atoms with Gasteiger partial charge in [0.1, 0.15) is 0 Å². The van der Waals surface area contributed by atoms with Gasteiger partial charge in [-0.2, -0.15) is 0 Å². The van der Waals surface area contributed by atoms with Gasteiger partial charge in [0.05, 0.1) is 6.61 Å². The zero-order valence-corrected chi connectivity index (χ0v) is 14.1. The maximum Gasteiger partial charge on any atom is 0.0589 e. The Morgan fingerprint density at radius 1 is 1.15 bits per heavy atom. The monoisotopic (exact) mass is 286 g/mol. The minimum Gasteiger partial charge on any atom is -0.385 e. The molecule has 0 aromatic rings. The van der Waals surface area contributed by atoms with Crippen LogP contribution in [0.25, 0.3) is 0 Å². The topological polar surface area (TPSA) is 33.7 Å². The van der Waals surface area contributed by atoms with Gasteiger partial charge in [0, 0.05) is 46.0 Å². The molecule has 4 nitrogen and oxygen atoms in total. The van der Waals surface area contributed by atoms with E-state index < -0.39 is 0 Å². The molecule has 0 aliphatic heterocycles. The van der Waals surface area contributed by atoms with Crippen molar-refractivity contribution in [3.05, 3.63) is 0 Å². The normalized spacial score (nSPS) is 26.1. The SMILES string of the molecule is CNC1CCC(C)(C)CC1N(CCCOC)CCOC. The average molecular weight is 286 g/mol. The smallest absolute Gasteiger partial charge is 0.0589 e. The molecular formula is C16H34N2O2. The number of ether oxygens (including phenoxy) is 2. The van der Waals surface area contributed by atoms with E-state index in [1.807, 2.05) is 0 Å². The third-order valence-electron chi connectivity index (χ3n) is 4.57. The summed E-state index contributed by atoms with van der Waals surface area (Å²) in [6.45, 7) is 8.55. The van der Waals surface area contributed by atoms with Crippen molar-refractivity contribution in [2.24, 2.45) is 5.41 Å². The van der Waals surface area contributed by atoms with E-state index in [9.17, 15) is 0 Å². The van der Waals surface area contributed by atoms with E-state index in [0.29, 0.717) is 17.5 Å². The molecule has 4 heteroatoms. The van der Waals surface area contributed by atoms with Gasteiger partial charge in [-0.25, -0.2) is 0 Å². The zero-order valence-electron chi connectivity index (χ0n) is 14.1. The summed E-state index contributed by atoms with van der Waals surface area (Å²) in [6, 6.07) is 1.21. The van der Waals surface area contributed by atoms with Gasteiger partial charge in [-0.05, 0) is 38.1 Å². The number of likely N-dealkylation sites (N-methyl/N-ethyl adjacent to an activating group) is 1. The van der Waals surface area contributed by atoms with Gasteiger partial charge in [0.25, 0.3) is 0 Å². The second-order valence-corrected chi connectivity index (χ2v) is 6.74. The first-order valence-corrected chi connectivity index (χ1v) is 7.93. The van der Waals surface area contributed by atoms with E-state index >= 15 is 0 Å². The Morgan fingerprint density at radius 2 is 1.85 bits per heavy atom. The lowest BCUT2D eigenvalue weighted by molar-refractivity contribution is 0.0421. The molecule has 0 aromatic carbocycles. The molecular weight excluding hydrogens is 252 g/mol. The Kier molecular flexibility index (Phi) is 8.03. The summed E-state index contributed by atoms with van der Waals surface area (Å²) < 4.78 is 10.5. The minimum atomic E-state index is 0.449. The summed E-state index contributed by atoms with van der Waals surface area (Å²) in [4.78, 5) is 2.60. The lowest BCUT2D eigenvalue weighted by Crippen LogP contribution is -2.55. The molecule has 2 unspecified atom stereocenters. The molecule has 0 saturated heterocycles. The predicted octanol–water partition coefficient (Wildman–Crippen LogP) is 2.14. The van der Waals surface area contributed by atoms with Crippen molar-refractivity contribution >= 4 is 0 Å². The van der Waals surface area contributed by atoms with Crippen LogP contribution >= 0.6 is 0 Å². The summed E-state index contributed by atoms with van der Waals surface area (Å²) >= 11 is 0. The summed E-state index contributed by atoms with van der Waals surface area (Å²) in [7, 11) is 5.66. The lowest BCUT2D eigenvalue weighted by Gasteiger charge is -2.46. The van der Waals surface area contributed by atoms with Crippen molar-refractivity contribution in [2.45, 2.75) is 51.6 Å². The van der Waals surface area contributed by atoms with Crippen LogP contribution in [0.3, 0.4) is 0 Å². The fourth-order valence-corrected chi connectivity index (χ4v) is 3.33. The molecule has 0 radical (unpaired) electrons. The van der Waals surface area contributed by atoms with Crippen LogP contribution in [-0.2, 0) is 9.47 Å². The maximum absolute atomic E-state index is 5.30. The molecule has 0 bridgehead atoms. The largest absolute Gasteiger partial charge is 0.385 e. The number of rotatable bonds is 9. The van der Waals surface area contributed by atoms with Crippen LogP contribution in [0.1, 0.15) is 39.5 Å². The van der Waals surface area contributed by atoms with E-state index in [1.165, 1.54) is 19.3 Å². The molecule has 0 spiro atoms. The van der Waals surface area contributed by atoms with Crippen LogP contribution < -0.4 is 5.32 Å². The molecule has 1 aliphatic carbocycles. The van der Waals surface area contributed by atoms with Gasteiger partial charge >= 0.3 is 0 Å². The maximum atomic E-state index is 5.30. The number of hydrogen-bond acceptors (Lipinski definition) is 4. The molecule has 1 rings (SSSR count). The van der Waals surface area contributed by atoms with Crippen LogP contribution in [0.2, 0.25) is 0 Å². The highest BCUT2D eigenvalue weighted by atomic mass is 16.5. The minimum absolute atomic E-state index is 0.449. The Bertz CT molecular complexity index is 259. The van der Waals surface area contributed by atoms with E-state index in [1.54, 1.807) is 14.2 Å². The van der Waals surface area contributed by atoms with Crippen molar-refractivity contribution in [1.29, 1.82) is 0 Å². The second kappa shape index (κ2) is 8.98. The van der Waals surface area contributed by atoms with Crippen molar-refractivity contribution in [3.63, 3.8) is 0 Å². The third-order valence-corrected chi connectivity index (χ3v) is 4.57. The van der Waals surface area contributed by atoms with E-state index in [2.05, 4.69) is 31.1 Å². The predicted molar refractivity (Wildman–Crippen MR) is 84.2 cm³/mol. The standard InChI is InChI=1S/C16H34N2O2/c1-16(2)8-7-14(17-3)15(13-16)18(10-12-20-5)9-6-11-19-4/h14-15,17H,6-13H2,1-5H3. The first kappa shape index (κ1) is 17.9. The molecule has 1 saturated carbocycles. The van der Waals surface area contributed by atoms with Crippen LogP contribution in [0.15, 0.2) is 0 Å². The molecule has 120 valence electrons.